The first-order valence-electron chi connectivity index (χ1n) is 7.38. The number of imidazole rings is 1. The molecule has 3 aromatic rings. The molecule has 0 aliphatic rings. The minimum absolute atomic E-state index is 0.0496. The van der Waals surface area contributed by atoms with Crippen molar-refractivity contribution in [2.45, 2.75) is 0 Å². The summed E-state index contributed by atoms with van der Waals surface area (Å²) in [5.74, 6) is -0.405. The van der Waals surface area contributed by atoms with Crippen LogP contribution in [0.1, 0.15) is 10.5 Å². The number of amides is 1. The summed E-state index contributed by atoms with van der Waals surface area (Å²) < 4.78 is 12.0. The monoisotopic (exact) mass is 379 g/mol. The van der Waals surface area contributed by atoms with Crippen molar-refractivity contribution in [3.05, 3.63) is 52.8 Å². The second kappa shape index (κ2) is 8.00. The molecule has 1 aromatic carbocycles. The van der Waals surface area contributed by atoms with Crippen LogP contribution >= 0.6 is 22.9 Å². The molecule has 0 spiro atoms. The molecule has 0 fully saturated rings. The molecule has 0 radical (unpaired) electrons. The number of rotatable bonds is 7. The van der Waals surface area contributed by atoms with E-state index in [1.165, 1.54) is 15.7 Å². The molecule has 25 heavy (non-hydrogen) atoms. The van der Waals surface area contributed by atoms with Gasteiger partial charge in [0.15, 0.2) is 22.4 Å². The van der Waals surface area contributed by atoms with E-state index >= 15 is 0 Å². The lowest BCUT2D eigenvalue weighted by Gasteiger charge is -2.08. The minimum Gasteiger partial charge on any atom is -0.492 e. The Hall–Kier alpha value is -2.58. The van der Waals surface area contributed by atoms with Gasteiger partial charge in [0.1, 0.15) is 12.4 Å². The topological polar surface area (TPSA) is 81.9 Å². The van der Waals surface area contributed by atoms with Gasteiger partial charge in [0, 0.05) is 11.6 Å². The maximum atomic E-state index is 12.1. The van der Waals surface area contributed by atoms with Crippen molar-refractivity contribution in [2.75, 3.05) is 19.8 Å². The van der Waals surface area contributed by atoms with Crippen molar-refractivity contribution in [1.82, 2.24) is 14.7 Å². The van der Waals surface area contributed by atoms with E-state index in [4.69, 9.17) is 21.1 Å². The van der Waals surface area contributed by atoms with E-state index in [0.717, 1.165) is 5.75 Å². The molecule has 0 saturated carbocycles. The molecule has 1 amide bonds. The lowest BCUT2D eigenvalue weighted by molar-refractivity contribution is -0.124. The summed E-state index contributed by atoms with van der Waals surface area (Å²) in [6, 6.07) is 9.26. The maximum absolute atomic E-state index is 12.1. The van der Waals surface area contributed by atoms with Crippen molar-refractivity contribution >= 4 is 39.8 Å². The summed E-state index contributed by atoms with van der Waals surface area (Å²) in [7, 11) is 0. The maximum Gasteiger partial charge on any atom is 0.359 e. The lowest BCUT2D eigenvalue weighted by atomic mass is 10.3. The average molecular weight is 380 g/mol. The Morgan fingerprint density at radius 1 is 1.28 bits per heavy atom. The van der Waals surface area contributed by atoms with Crippen LogP contribution in [0.15, 0.2) is 41.9 Å². The zero-order valence-corrected chi connectivity index (χ0v) is 14.5. The summed E-state index contributed by atoms with van der Waals surface area (Å²) in [4.78, 5) is 28.4. The number of ether oxygens (including phenoxy) is 2. The number of hydrogen-bond acceptors (Lipinski definition) is 6. The number of carbonyl (C=O) groups excluding carboxylic acids is 2. The number of halogens is 1. The highest BCUT2D eigenvalue weighted by Gasteiger charge is 2.21. The van der Waals surface area contributed by atoms with Crippen LogP contribution in [0.3, 0.4) is 0 Å². The van der Waals surface area contributed by atoms with Gasteiger partial charge in [-0.1, -0.05) is 29.8 Å². The van der Waals surface area contributed by atoms with Crippen molar-refractivity contribution in [2.24, 2.45) is 0 Å². The number of thiazole rings is 1. The van der Waals surface area contributed by atoms with Crippen LogP contribution in [0.25, 0.3) is 4.96 Å². The number of hydrogen-bond donors (Lipinski definition) is 1. The predicted octanol–water partition coefficient (Wildman–Crippen LogP) is 2.40. The van der Waals surface area contributed by atoms with Crippen LogP contribution in [0.4, 0.5) is 0 Å². The third-order valence-corrected chi connectivity index (χ3v) is 4.20. The number of esters is 1. The Bertz CT molecular complexity index is 878. The molecule has 1 N–H and O–H groups in total. The van der Waals surface area contributed by atoms with Crippen LogP contribution in [0.5, 0.6) is 5.75 Å². The van der Waals surface area contributed by atoms with Gasteiger partial charge in [-0.2, -0.15) is 0 Å². The second-order valence-electron chi connectivity index (χ2n) is 4.89. The zero-order chi connectivity index (χ0) is 17.6. The Morgan fingerprint density at radius 2 is 2.08 bits per heavy atom. The van der Waals surface area contributed by atoms with Crippen LogP contribution in [0.2, 0.25) is 5.15 Å². The van der Waals surface area contributed by atoms with Gasteiger partial charge in [0.2, 0.25) is 0 Å². The molecule has 0 bridgehead atoms. The Kier molecular flexibility index (Phi) is 5.52. The van der Waals surface area contributed by atoms with Crippen LogP contribution in [-0.2, 0) is 9.53 Å². The summed E-state index contributed by atoms with van der Waals surface area (Å²) in [6.07, 6.45) is 1.66. The average Bonchev–Trinajstić information content (AvgIpc) is 3.17. The number of fused-ring (bicyclic) bond motifs is 1. The fourth-order valence-electron chi connectivity index (χ4n) is 2.07. The molecule has 0 aliphatic heterocycles. The fourth-order valence-corrected chi connectivity index (χ4v) is 3.08. The van der Waals surface area contributed by atoms with E-state index in [0.29, 0.717) is 18.1 Å². The van der Waals surface area contributed by atoms with Crippen LogP contribution in [-0.4, -0.2) is 41.0 Å². The molecule has 0 atom stereocenters. The van der Waals surface area contributed by atoms with Gasteiger partial charge in [-0.25, -0.2) is 9.78 Å². The van der Waals surface area contributed by atoms with Crippen molar-refractivity contribution in [3.63, 3.8) is 0 Å². The van der Waals surface area contributed by atoms with Crippen molar-refractivity contribution < 1.29 is 19.1 Å². The number of para-hydroxylation sites is 1. The molecular formula is C16H14ClN3O4S. The van der Waals surface area contributed by atoms with Crippen molar-refractivity contribution in [3.8, 4) is 5.75 Å². The third kappa shape index (κ3) is 4.28. The highest BCUT2D eigenvalue weighted by molar-refractivity contribution is 7.15. The number of nitrogens with zero attached hydrogens (tertiary/aromatic N) is 2. The molecule has 2 aromatic heterocycles. The van der Waals surface area contributed by atoms with E-state index in [1.54, 1.807) is 11.6 Å². The van der Waals surface area contributed by atoms with Crippen LogP contribution in [0, 0.1) is 0 Å². The lowest BCUT2D eigenvalue weighted by Crippen LogP contribution is -2.32. The molecule has 0 unspecified atom stereocenters. The quantitative estimate of drug-likeness (QED) is 0.503. The standard InChI is InChI=1S/C16H14ClN3O4S/c17-14-13(20-7-9-25-16(20)19-14)15(22)24-10-12(21)18-6-8-23-11-4-2-1-3-5-11/h1-5,7,9H,6,8,10H2,(H,18,21). The third-order valence-electron chi connectivity index (χ3n) is 3.18. The van der Waals surface area contributed by atoms with Crippen LogP contribution < -0.4 is 10.1 Å². The first kappa shape index (κ1) is 17.2. The zero-order valence-electron chi connectivity index (χ0n) is 13.0. The van der Waals surface area contributed by atoms with E-state index in [1.807, 2.05) is 30.3 Å². The Morgan fingerprint density at radius 3 is 2.88 bits per heavy atom. The van der Waals surface area contributed by atoms with Gasteiger partial charge in [0.05, 0.1) is 6.54 Å². The van der Waals surface area contributed by atoms with Gasteiger partial charge in [-0.15, -0.1) is 11.3 Å². The Labute approximate surface area is 152 Å². The highest BCUT2D eigenvalue weighted by atomic mass is 35.5. The molecule has 7 nitrogen and oxygen atoms in total. The first-order chi connectivity index (χ1) is 12.1. The molecule has 2 heterocycles. The van der Waals surface area contributed by atoms with Gasteiger partial charge in [0.25, 0.3) is 5.91 Å². The normalized spacial score (nSPS) is 10.6. The highest BCUT2D eigenvalue weighted by Crippen LogP contribution is 2.21. The smallest absolute Gasteiger partial charge is 0.359 e. The minimum atomic E-state index is -0.702. The summed E-state index contributed by atoms with van der Waals surface area (Å²) in [5.41, 5.74) is 0.109. The van der Waals surface area contributed by atoms with Crippen molar-refractivity contribution in [1.29, 1.82) is 0 Å². The van der Waals surface area contributed by atoms with E-state index in [9.17, 15) is 9.59 Å². The first-order valence-corrected chi connectivity index (χ1v) is 8.63. The van der Waals surface area contributed by atoms with Gasteiger partial charge in [-0.05, 0) is 12.1 Å². The molecule has 3 rings (SSSR count). The van der Waals surface area contributed by atoms with Gasteiger partial charge < -0.3 is 14.8 Å². The van der Waals surface area contributed by atoms with Gasteiger partial charge in [-0.3, -0.25) is 9.20 Å². The largest absolute Gasteiger partial charge is 0.492 e. The molecule has 9 heteroatoms. The van der Waals surface area contributed by atoms with E-state index < -0.39 is 18.5 Å². The number of carbonyl (C=O) groups is 2. The summed E-state index contributed by atoms with van der Waals surface area (Å²) in [5, 5.41) is 4.43. The number of nitrogens with one attached hydrogen (secondary N) is 1. The molecule has 130 valence electrons. The SMILES string of the molecule is O=C(COC(=O)c1c(Cl)nc2sccn12)NCCOc1ccccc1. The van der Waals surface area contributed by atoms with E-state index in [-0.39, 0.29) is 10.8 Å². The second-order valence-corrected chi connectivity index (χ2v) is 6.13. The summed E-state index contributed by atoms with van der Waals surface area (Å²) in [6.45, 7) is 0.207. The molecular weight excluding hydrogens is 366 g/mol. The summed E-state index contributed by atoms with van der Waals surface area (Å²) >= 11 is 7.28. The molecule has 0 aliphatic carbocycles. The van der Waals surface area contributed by atoms with E-state index in [2.05, 4.69) is 10.3 Å². The number of aromatic nitrogens is 2. The fraction of sp³-hybridized carbons (Fsp3) is 0.188. The van der Waals surface area contributed by atoms with Gasteiger partial charge >= 0.3 is 5.97 Å². The number of benzene rings is 1. The molecule has 0 saturated heterocycles. The predicted molar refractivity (Wildman–Crippen MR) is 93.3 cm³/mol. The Balaban J connectivity index is 1.42.